The van der Waals surface area contributed by atoms with Gasteiger partial charge in [-0.25, -0.2) is 8.42 Å². The van der Waals surface area contributed by atoms with Gasteiger partial charge >= 0.3 is 0 Å². The van der Waals surface area contributed by atoms with Crippen molar-refractivity contribution >= 4 is 9.84 Å². The maximum Gasteiger partial charge on any atom is 0.205 e. The molecule has 7 nitrogen and oxygen atoms in total. The van der Waals surface area contributed by atoms with Crippen molar-refractivity contribution in [2.24, 2.45) is 0 Å². The smallest absolute Gasteiger partial charge is 0.205 e. The molecule has 0 spiro atoms. The summed E-state index contributed by atoms with van der Waals surface area (Å²) in [4.78, 5) is 1.27. The van der Waals surface area contributed by atoms with Crippen LogP contribution >= 0.6 is 0 Å². The molecule has 2 aromatic rings. The largest absolute Gasteiger partial charge is 0.497 e. The summed E-state index contributed by atoms with van der Waals surface area (Å²) in [6.45, 7) is 0.190. The molecule has 0 aliphatic heterocycles. The van der Waals surface area contributed by atoms with Gasteiger partial charge in [-0.1, -0.05) is 12.1 Å². The van der Waals surface area contributed by atoms with Crippen LogP contribution in [0.25, 0.3) is 11.4 Å². The lowest BCUT2D eigenvalue weighted by atomic mass is 10.2. The number of methoxy groups -OCH3 is 1. The Hall–Kier alpha value is -1.96. The lowest BCUT2D eigenvalue weighted by Crippen LogP contribution is -2.13. The highest BCUT2D eigenvalue weighted by Gasteiger charge is 2.09. The maximum atomic E-state index is 11.1. The number of hydrogen-bond acceptors (Lipinski definition) is 6. The zero-order valence-electron chi connectivity index (χ0n) is 10.6. The quantitative estimate of drug-likeness (QED) is 0.788. The van der Waals surface area contributed by atoms with Gasteiger partial charge in [-0.15, -0.1) is 10.2 Å². The molecule has 0 aliphatic carbocycles. The minimum atomic E-state index is -3.04. The van der Waals surface area contributed by atoms with E-state index >= 15 is 0 Å². The Morgan fingerprint density at radius 3 is 2.84 bits per heavy atom. The molecular formula is C11H14N4O3S. The van der Waals surface area contributed by atoms with Gasteiger partial charge in [0, 0.05) is 11.8 Å². The molecule has 0 unspecified atom stereocenters. The van der Waals surface area contributed by atoms with Crippen molar-refractivity contribution < 1.29 is 13.2 Å². The van der Waals surface area contributed by atoms with Crippen molar-refractivity contribution in [1.29, 1.82) is 0 Å². The average molecular weight is 282 g/mol. The number of aromatic nitrogens is 4. The van der Waals surface area contributed by atoms with Crippen molar-refractivity contribution in [2.45, 2.75) is 6.54 Å². The minimum Gasteiger partial charge on any atom is -0.497 e. The number of ether oxygens (including phenoxy) is 1. The topological polar surface area (TPSA) is 87.0 Å². The number of hydrogen-bond donors (Lipinski definition) is 0. The summed E-state index contributed by atoms with van der Waals surface area (Å²) >= 11 is 0. The van der Waals surface area contributed by atoms with Gasteiger partial charge in [0.05, 0.1) is 19.4 Å². The van der Waals surface area contributed by atoms with E-state index in [1.165, 1.54) is 11.1 Å². The summed E-state index contributed by atoms with van der Waals surface area (Å²) in [6, 6.07) is 7.27. The SMILES string of the molecule is COc1cccc(-c2nnn(CCS(C)(=O)=O)n2)c1. The number of nitrogens with zero attached hydrogens (tertiary/aromatic N) is 4. The monoisotopic (exact) mass is 282 g/mol. The highest BCUT2D eigenvalue weighted by Crippen LogP contribution is 2.19. The van der Waals surface area contributed by atoms with Gasteiger partial charge in [0.15, 0.2) is 0 Å². The minimum absolute atomic E-state index is 0.0130. The Morgan fingerprint density at radius 2 is 2.16 bits per heavy atom. The first kappa shape index (κ1) is 13.5. The molecule has 0 saturated carbocycles. The van der Waals surface area contributed by atoms with E-state index in [9.17, 15) is 8.42 Å². The van der Waals surface area contributed by atoms with Gasteiger partial charge in [0.1, 0.15) is 15.6 Å². The molecule has 1 aromatic carbocycles. The first-order chi connectivity index (χ1) is 8.98. The summed E-state index contributed by atoms with van der Waals surface area (Å²) in [6.07, 6.45) is 1.17. The fourth-order valence-electron chi connectivity index (χ4n) is 1.46. The highest BCUT2D eigenvalue weighted by molar-refractivity contribution is 7.90. The second-order valence-corrected chi connectivity index (χ2v) is 6.33. The summed E-state index contributed by atoms with van der Waals surface area (Å²) in [5.41, 5.74) is 0.768. The van der Waals surface area contributed by atoms with Crippen LogP contribution in [0.2, 0.25) is 0 Å². The first-order valence-electron chi connectivity index (χ1n) is 5.58. The zero-order chi connectivity index (χ0) is 13.9. The van der Waals surface area contributed by atoms with Crippen molar-refractivity contribution in [3.05, 3.63) is 24.3 Å². The van der Waals surface area contributed by atoms with Crippen LogP contribution in [-0.2, 0) is 16.4 Å². The van der Waals surface area contributed by atoms with E-state index in [0.717, 1.165) is 5.56 Å². The third-order valence-electron chi connectivity index (χ3n) is 2.44. The Labute approximate surface area is 111 Å². The predicted octanol–water partition coefficient (Wildman–Crippen LogP) is 0.393. The molecular weight excluding hydrogens is 268 g/mol. The van der Waals surface area contributed by atoms with Crippen LogP contribution in [0, 0.1) is 0 Å². The number of tetrazole rings is 1. The molecule has 8 heteroatoms. The van der Waals surface area contributed by atoms with Crippen molar-refractivity contribution in [2.75, 3.05) is 19.1 Å². The van der Waals surface area contributed by atoms with Gasteiger partial charge in [-0.05, 0) is 17.3 Å². The summed E-state index contributed by atoms with van der Waals surface area (Å²) < 4.78 is 27.2. The third-order valence-corrected chi connectivity index (χ3v) is 3.37. The van der Waals surface area contributed by atoms with Gasteiger partial charge in [-0.2, -0.15) is 4.80 Å². The zero-order valence-corrected chi connectivity index (χ0v) is 11.5. The van der Waals surface area contributed by atoms with Crippen LogP contribution in [0.4, 0.5) is 0 Å². The predicted molar refractivity (Wildman–Crippen MR) is 69.5 cm³/mol. The average Bonchev–Trinajstić information content (AvgIpc) is 2.84. The second kappa shape index (κ2) is 5.35. The van der Waals surface area contributed by atoms with E-state index < -0.39 is 9.84 Å². The van der Waals surface area contributed by atoms with Crippen LogP contribution in [0.1, 0.15) is 0 Å². The number of aryl methyl sites for hydroxylation is 1. The molecule has 1 heterocycles. The molecule has 0 radical (unpaired) electrons. The van der Waals surface area contributed by atoms with E-state index in [4.69, 9.17) is 4.74 Å². The molecule has 19 heavy (non-hydrogen) atoms. The fourth-order valence-corrected chi connectivity index (χ4v) is 1.96. The molecule has 0 atom stereocenters. The molecule has 0 saturated heterocycles. The lowest BCUT2D eigenvalue weighted by molar-refractivity contribution is 0.415. The van der Waals surface area contributed by atoms with Gasteiger partial charge in [0.2, 0.25) is 5.82 Å². The summed E-state index contributed by atoms with van der Waals surface area (Å²) in [5, 5.41) is 11.8. The molecule has 2 rings (SSSR count). The third kappa shape index (κ3) is 3.75. The van der Waals surface area contributed by atoms with Crippen molar-refractivity contribution in [1.82, 2.24) is 20.2 Å². The van der Waals surface area contributed by atoms with Crippen molar-refractivity contribution in [3.63, 3.8) is 0 Å². The lowest BCUT2D eigenvalue weighted by Gasteiger charge is -2.00. The van der Waals surface area contributed by atoms with E-state index in [1.54, 1.807) is 13.2 Å². The Balaban J connectivity index is 2.16. The standard InChI is InChI=1S/C11H14N4O3S/c1-18-10-5-3-4-9(8-10)11-12-14-15(13-11)6-7-19(2,16)17/h3-5,8H,6-7H2,1-2H3. The highest BCUT2D eigenvalue weighted by atomic mass is 32.2. The van der Waals surface area contributed by atoms with Crippen LogP contribution in [0.3, 0.4) is 0 Å². The molecule has 0 bridgehead atoms. The molecule has 0 amide bonds. The number of sulfone groups is 1. The van der Waals surface area contributed by atoms with Crippen LogP contribution in [-0.4, -0.2) is 47.7 Å². The first-order valence-corrected chi connectivity index (χ1v) is 7.64. The van der Waals surface area contributed by atoms with E-state index in [2.05, 4.69) is 15.4 Å². The maximum absolute atomic E-state index is 11.1. The number of benzene rings is 1. The summed E-state index contributed by atoms with van der Waals surface area (Å²) in [5.74, 6) is 1.12. The van der Waals surface area contributed by atoms with E-state index in [1.807, 2.05) is 18.2 Å². The molecule has 0 aliphatic rings. The van der Waals surface area contributed by atoms with E-state index in [0.29, 0.717) is 11.6 Å². The Bertz CT molecular complexity index is 666. The van der Waals surface area contributed by atoms with Crippen LogP contribution < -0.4 is 4.74 Å². The molecule has 0 N–H and O–H groups in total. The number of rotatable bonds is 5. The van der Waals surface area contributed by atoms with Gasteiger partial charge in [0.25, 0.3) is 0 Å². The molecule has 102 valence electrons. The van der Waals surface area contributed by atoms with Crippen LogP contribution in [0.15, 0.2) is 24.3 Å². The van der Waals surface area contributed by atoms with Crippen molar-refractivity contribution in [3.8, 4) is 17.1 Å². The summed E-state index contributed by atoms with van der Waals surface area (Å²) in [7, 11) is -1.46. The normalized spacial score (nSPS) is 11.5. The molecule has 0 fully saturated rings. The fraction of sp³-hybridized carbons (Fsp3) is 0.364. The van der Waals surface area contributed by atoms with Crippen LogP contribution in [0.5, 0.6) is 5.75 Å². The van der Waals surface area contributed by atoms with E-state index in [-0.39, 0.29) is 12.3 Å². The Morgan fingerprint density at radius 1 is 1.37 bits per heavy atom. The molecule has 1 aromatic heterocycles. The Kier molecular flexibility index (Phi) is 3.79. The second-order valence-electron chi connectivity index (χ2n) is 4.07. The van der Waals surface area contributed by atoms with Gasteiger partial charge < -0.3 is 4.74 Å². The van der Waals surface area contributed by atoms with Gasteiger partial charge in [-0.3, -0.25) is 0 Å².